The van der Waals surface area contributed by atoms with E-state index in [2.05, 4.69) is 10.6 Å². The van der Waals surface area contributed by atoms with E-state index >= 15 is 0 Å². The Bertz CT molecular complexity index is 687. The summed E-state index contributed by atoms with van der Waals surface area (Å²) < 4.78 is 36.1. The van der Waals surface area contributed by atoms with Crippen LogP contribution in [0.25, 0.3) is 0 Å². The second-order valence-corrected chi connectivity index (χ2v) is 6.65. The number of benzene rings is 1. The van der Waals surface area contributed by atoms with Crippen LogP contribution in [0.1, 0.15) is 6.42 Å². The molecule has 0 aliphatic carbocycles. The molecule has 8 nitrogen and oxygen atoms in total. The molecule has 0 bridgehead atoms. The van der Waals surface area contributed by atoms with Crippen molar-refractivity contribution in [3.8, 4) is 0 Å². The highest BCUT2D eigenvalue weighted by molar-refractivity contribution is 7.92. The molecule has 0 spiro atoms. The molecule has 0 unspecified atom stereocenters. The molecule has 0 aromatic heterocycles. The van der Waals surface area contributed by atoms with Crippen molar-refractivity contribution in [3.63, 3.8) is 0 Å². The molecule has 1 rings (SSSR count). The molecule has 0 fully saturated rings. The summed E-state index contributed by atoms with van der Waals surface area (Å²) in [6.45, 7) is -0.203. The molecule has 23 heavy (non-hydrogen) atoms. The van der Waals surface area contributed by atoms with E-state index in [-0.39, 0.29) is 18.7 Å². The number of carboxylic acid groups (broad SMARTS) is 1. The molecular weight excluding hydrogens is 331 g/mol. The molecule has 0 saturated carbocycles. The van der Waals surface area contributed by atoms with Crippen LogP contribution >= 0.6 is 0 Å². The van der Waals surface area contributed by atoms with Crippen molar-refractivity contribution in [2.45, 2.75) is 6.42 Å². The van der Waals surface area contributed by atoms with Gasteiger partial charge in [0.05, 0.1) is 6.42 Å². The summed E-state index contributed by atoms with van der Waals surface area (Å²) in [6.07, 6.45) is -0.336. The van der Waals surface area contributed by atoms with Gasteiger partial charge in [0.25, 0.3) is 0 Å². The zero-order chi connectivity index (χ0) is 17.5. The molecule has 2 amide bonds. The van der Waals surface area contributed by atoms with Gasteiger partial charge in [0.15, 0.2) is 9.84 Å². The van der Waals surface area contributed by atoms with E-state index in [9.17, 15) is 27.2 Å². The van der Waals surface area contributed by atoms with Crippen molar-refractivity contribution >= 4 is 33.3 Å². The van der Waals surface area contributed by atoms with Crippen LogP contribution in [0, 0.1) is 5.82 Å². The Kier molecular flexibility index (Phi) is 6.64. The van der Waals surface area contributed by atoms with Gasteiger partial charge in [-0.15, -0.1) is 0 Å². The number of carbonyl (C=O) groups is 3. The molecule has 10 heteroatoms. The third-order valence-electron chi connectivity index (χ3n) is 2.49. The minimum absolute atomic E-state index is 0.203. The molecule has 1 aromatic rings. The highest BCUT2D eigenvalue weighted by Gasteiger charge is 2.21. The minimum atomic E-state index is -4.00. The molecule has 0 heterocycles. The van der Waals surface area contributed by atoms with E-state index in [1.807, 2.05) is 0 Å². The Morgan fingerprint density at radius 3 is 2.17 bits per heavy atom. The van der Waals surface area contributed by atoms with Crippen LogP contribution in [0.3, 0.4) is 0 Å². The van der Waals surface area contributed by atoms with Gasteiger partial charge >= 0.3 is 5.97 Å². The largest absolute Gasteiger partial charge is 0.481 e. The third-order valence-corrected chi connectivity index (χ3v) is 3.90. The van der Waals surface area contributed by atoms with Crippen molar-refractivity contribution in [2.24, 2.45) is 0 Å². The molecule has 0 saturated heterocycles. The van der Waals surface area contributed by atoms with E-state index in [1.54, 1.807) is 0 Å². The quantitative estimate of drug-likeness (QED) is 0.596. The summed E-state index contributed by atoms with van der Waals surface area (Å²) in [5, 5.41) is 12.8. The van der Waals surface area contributed by atoms with Crippen LogP contribution in [-0.4, -0.2) is 49.4 Å². The highest BCUT2D eigenvalue weighted by atomic mass is 32.2. The van der Waals surface area contributed by atoms with E-state index in [0.29, 0.717) is 0 Å². The van der Waals surface area contributed by atoms with Gasteiger partial charge in [0.1, 0.15) is 17.3 Å². The molecule has 0 radical (unpaired) electrons. The average molecular weight is 346 g/mol. The van der Waals surface area contributed by atoms with Crippen LogP contribution in [0.4, 0.5) is 10.1 Å². The SMILES string of the molecule is O=C(O)CCNC(=O)CS(=O)(=O)CC(=O)Nc1ccc(F)cc1. The van der Waals surface area contributed by atoms with Crippen LogP contribution in [0.15, 0.2) is 24.3 Å². The zero-order valence-electron chi connectivity index (χ0n) is 11.9. The summed E-state index contributed by atoms with van der Waals surface area (Å²) in [5.74, 6) is -5.24. The number of carbonyl (C=O) groups excluding carboxylic acids is 2. The first-order chi connectivity index (χ1) is 10.7. The Morgan fingerprint density at radius 1 is 1.04 bits per heavy atom. The number of carboxylic acids is 1. The molecule has 0 atom stereocenters. The van der Waals surface area contributed by atoms with E-state index in [4.69, 9.17) is 5.11 Å². The van der Waals surface area contributed by atoms with Crippen molar-refractivity contribution in [1.29, 1.82) is 0 Å². The van der Waals surface area contributed by atoms with Gasteiger partial charge in [-0.3, -0.25) is 14.4 Å². The maximum atomic E-state index is 12.7. The lowest BCUT2D eigenvalue weighted by Crippen LogP contribution is -2.35. The second-order valence-electron chi connectivity index (χ2n) is 4.58. The molecule has 126 valence electrons. The summed E-state index contributed by atoms with van der Waals surface area (Å²) in [5.41, 5.74) is 0.220. The predicted molar refractivity (Wildman–Crippen MR) is 78.9 cm³/mol. The Morgan fingerprint density at radius 2 is 1.61 bits per heavy atom. The topological polar surface area (TPSA) is 130 Å². The van der Waals surface area contributed by atoms with Crippen LogP contribution in [-0.2, 0) is 24.2 Å². The number of aliphatic carboxylic acids is 1. The van der Waals surface area contributed by atoms with E-state index in [1.165, 1.54) is 12.1 Å². The van der Waals surface area contributed by atoms with Crippen LogP contribution in [0.2, 0.25) is 0 Å². The van der Waals surface area contributed by atoms with E-state index in [0.717, 1.165) is 12.1 Å². The summed E-state index contributed by atoms with van der Waals surface area (Å²) in [4.78, 5) is 33.2. The summed E-state index contributed by atoms with van der Waals surface area (Å²) in [6, 6.07) is 4.72. The van der Waals surface area contributed by atoms with Gasteiger partial charge in [0.2, 0.25) is 11.8 Å². The van der Waals surface area contributed by atoms with Gasteiger partial charge in [-0.1, -0.05) is 0 Å². The van der Waals surface area contributed by atoms with Gasteiger partial charge in [-0.05, 0) is 24.3 Å². The Balaban J connectivity index is 2.47. The average Bonchev–Trinajstić information content (AvgIpc) is 2.39. The standard InChI is InChI=1S/C13H15FN2O6S/c14-9-1-3-10(4-2-9)16-12(18)8-23(21,22)7-11(17)15-6-5-13(19)20/h1-4H,5-8H2,(H,15,17)(H,16,18)(H,19,20). The van der Waals surface area contributed by atoms with Crippen LogP contribution in [0.5, 0.6) is 0 Å². The first kappa shape index (κ1) is 18.6. The maximum Gasteiger partial charge on any atom is 0.305 e. The normalized spacial score (nSPS) is 10.8. The number of nitrogens with one attached hydrogen (secondary N) is 2. The number of anilines is 1. The van der Waals surface area contributed by atoms with Crippen molar-refractivity contribution in [3.05, 3.63) is 30.1 Å². The summed E-state index contributed by atoms with van der Waals surface area (Å²) >= 11 is 0. The van der Waals surface area contributed by atoms with Crippen molar-refractivity contribution < 1.29 is 32.3 Å². The zero-order valence-corrected chi connectivity index (χ0v) is 12.7. The molecule has 3 N–H and O–H groups in total. The monoisotopic (exact) mass is 346 g/mol. The number of rotatable bonds is 8. The van der Waals surface area contributed by atoms with Gasteiger partial charge in [-0.2, -0.15) is 0 Å². The summed E-state index contributed by atoms with van der Waals surface area (Å²) in [7, 11) is -4.00. The smallest absolute Gasteiger partial charge is 0.305 e. The predicted octanol–water partition coefficient (Wildman–Crippen LogP) is -0.230. The molecule has 0 aliphatic heterocycles. The number of halogens is 1. The first-order valence-electron chi connectivity index (χ1n) is 6.42. The lowest BCUT2D eigenvalue weighted by Gasteiger charge is -2.07. The minimum Gasteiger partial charge on any atom is -0.481 e. The number of amides is 2. The lowest BCUT2D eigenvalue weighted by atomic mass is 10.3. The number of hydrogen-bond acceptors (Lipinski definition) is 5. The first-order valence-corrected chi connectivity index (χ1v) is 8.24. The van der Waals surface area contributed by atoms with E-state index < -0.39 is 44.9 Å². The third kappa shape index (κ3) is 7.90. The second kappa shape index (κ2) is 8.22. The molecule has 0 aliphatic rings. The fourth-order valence-electron chi connectivity index (χ4n) is 1.54. The number of hydrogen-bond donors (Lipinski definition) is 3. The van der Waals surface area contributed by atoms with Crippen molar-refractivity contribution in [2.75, 3.05) is 23.4 Å². The van der Waals surface area contributed by atoms with Gasteiger partial charge in [-0.25, -0.2) is 12.8 Å². The molecule has 1 aromatic carbocycles. The Labute approximate surface area is 131 Å². The highest BCUT2D eigenvalue weighted by Crippen LogP contribution is 2.08. The van der Waals surface area contributed by atoms with Crippen LogP contribution < -0.4 is 10.6 Å². The molecular formula is C13H15FN2O6S. The Hall–Kier alpha value is -2.49. The fraction of sp³-hybridized carbons (Fsp3) is 0.308. The lowest BCUT2D eigenvalue weighted by molar-refractivity contribution is -0.136. The fourth-order valence-corrected chi connectivity index (χ4v) is 2.62. The maximum absolute atomic E-state index is 12.7. The van der Waals surface area contributed by atoms with Crippen molar-refractivity contribution in [1.82, 2.24) is 5.32 Å². The van der Waals surface area contributed by atoms with Gasteiger partial charge < -0.3 is 15.7 Å². The van der Waals surface area contributed by atoms with Gasteiger partial charge in [0, 0.05) is 12.2 Å². The number of sulfone groups is 1.